The van der Waals surface area contributed by atoms with Gasteiger partial charge in [-0.15, -0.1) is 0 Å². The molecule has 0 fully saturated rings. The lowest BCUT2D eigenvalue weighted by Gasteiger charge is -2.29. The van der Waals surface area contributed by atoms with Gasteiger partial charge in [0.25, 0.3) is 0 Å². The van der Waals surface area contributed by atoms with Gasteiger partial charge >= 0.3 is 0 Å². The monoisotopic (exact) mass is 232 g/mol. The minimum Gasteiger partial charge on any atom is -0.318 e. The molecule has 1 aromatic rings. The predicted octanol–water partition coefficient (Wildman–Crippen LogP) is 2.39. The molecule has 0 saturated carbocycles. The van der Waals surface area contributed by atoms with E-state index in [-0.39, 0.29) is 0 Å². The number of nitrogens with zero attached hydrogens (tertiary/aromatic N) is 1. The third kappa shape index (κ3) is 3.08. The third-order valence-electron chi connectivity index (χ3n) is 3.67. The van der Waals surface area contributed by atoms with E-state index in [1.165, 1.54) is 24.1 Å². The molecule has 2 rings (SSSR count). The molecule has 1 aliphatic rings. The molecule has 2 heteroatoms. The normalized spacial score (nSPS) is 16.2. The summed E-state index contributed by atoms with van der Waals surface area (Å²) in [7, 11) is 2.02. The van der Waals surface area contributed by atoms with Crippen molar-refractivity contribution in [2.45, 2.75) is 32.7 Å². The lowest BCUT2D eigenvalue weighted by molar-refractivity contribution is 0.256. The van der Waals surface area contributed by atoms with Gasteiger partial charge in [-0.1, -0.05) is 32.0 Å². The molecule has 0 atom stereocenters. The molecule has 94 valence electrons. The average molecular weight is 232 g/mol. The van der Waals surface area contributed by atoms with Crippen molar-refractivity contribution in [3.8, 4) is 0 Å². The highest BCUT2D eigenvalue weighted by molar-refractivity contribution is 5.35. The Morgan fingerprint density at radius 2 is 2.12 bits per heavy atom. The van der Waals surface area contributed by atoms with Crippen LogP contribution in [-0.4, -0.2) is 31.6 Å². The zero-order chi connectivity index (χ0) is 12.3. The maximum Gasteiger partial charge on any atom is 0.0237 e. The standard InChI is InChI=1S/C15H24N2/c1-12(2)13-4-5-15-11-17(9-7-16-3)8-6-14(15)10-13/h4-5,10,12,16H,6-9,11H2,1-3H3. The number of nitrogens with one attached hydrogen (secondary N) is 1. The van der Waals surface area contributed by atoms with Crippen LogP contribution < -0.4 is 5.32 Å². The molecule has 0 radical (unpaired) electrons. The molecule has 0 aliphatic carbocycles. The van der Waals surface area contributed by atoms with E-state index in [2.05, 4.69) is 42.3 Å². The Bertz CT molecular complexity index is 371. The van der Waals surface area contributed by atoms with E-state index in [1.54, 1.807) is 5.56 Å². The second kappa shape index (κ2) is 5.65. The summed E-state index contributed by atoms with van der Waals surface area (Å²) >= 11 is 0. The molecule has 0 bridgehead atoms. The first-order valence-electron chi connectivity index (χ1n) is 6.69. The van der Waals surface area contributed by atoms with Crippen molar-refractivity contribution in [3.63, 3.8) is 0 Å². The summed E-state index contributed by atoms with van der Waals surface area (Å²) < 4.78 is 0. The van der Waals surface area contributed by atoms with E-state index in [4.69, 9.17) is 0 Å². The number of fused-ring (bicyclic) bond motifs is 1. The Morgan fingerprint density at radius 1 is 1.29 bits per heavy atom. The molecule has 1 aliphatic heterocycles. The third-order valence-corrected chi connectivity index (χ3v) is 3.67. The van der Waals surface area contributed by atoms with Crippen molar-refractivity contribution in [1.82, 2.24) is 10.2 Å². The lowest BCUT2D eigenvalue weighted by atomic mass is 9.93. The SMILES string of the molecule is CNCCN1CCc2cc(C(C)C)ccc2C1. The second-order valence-corrected chi connectivity index (χ2v) is 5.31. The first-order chi connectivity index (χ1) is 8.20. The summed E-state index contributed by atoms with van der Waals surface area (Å²) in [6, 6.07) is 7.04. The fourth-order valence-electron chi connectivity index (χ4n) is 2.45. The zero-order valence-electron chi connectivity index (χ0n) is 11.3. The van der Waals surface area contributed by atoms with E-state index in [9.17, 15) is 0 Å². The Kier molecular flexibility index (Phi) is 4.19. The highest BCUT2D eigenvalue weighted by atomic mass is 15.1. The second-order valence-electron chi connectivity index (χ2n) is 5.31. The van der Waals surface area contributed by atoms with Crippen LogP contribution in [0.5, 0.6) is 0 Å². The molecule has 0 aromatic heterocycles. The van der Waals surface area contributed by atoms with Gasteiger partial charge in [0.2, 0.25) is 0 Å². The first-order valence-corrected chi connectivity index (χ1v) is 6.69. The van der Waals surface area contributed by atoms with E-state index >= 15 is 0 Å². The van der Waals surface area contributed by atoms with Crippen molar-refractivity contribution in [1.29, 1.82) is 0 Å². The molecule has 1 aromatic carbocycles. The highest BCUT2D eigenvalue weighted by Gasteiger charge is 2.16. The molecule has 0 unspecified atom stereocenters. The number of likely N-dealkylation sites (N-methyl/N-ethyl adjacent to an activating group) is 1. The van der Waals surface area contributed by atoms with Crippen molar-refractivity contribution >= 4 is 0 Å². The smallest absolute Gasteiger partial charge is 0.0237 e. The van der Waals surface area contributed by atoms with E-state index < -0.39 is 0 Å². The van der Waals surface area contributed by atoms with Gasteiger partial charge in [0.15, 0.2) is 0 Å². The number of rotatable bonds is 4. The van der Waals surface area contributed by atoms with E-state index in [0.717, 1.165) is 19.6 Å². The molecule has 0 amide bonds. The van der Waals surface area contributed by atoms with Gasteiger partial charge in [-0.25, -0.2) is 0 Å². The maximum absolute atomic E-state index is 3.22. The largest absolute Gasteiger partial charge is 0.318 e. The van der Waals surface area contributed by atoms with Crippen molar-refractivity contribution < 1.29 is 0 Å². The molecule has 2 nitrogen and oxygen atoms in total. The van der Waals surface area contributed by atoms with Gasteiger partial charge in [-0.05, 0) is 36.1 Å². The summed E-state index contributed by atoms with van der Waals surface area (Å²) in [6.07, 6.45) is 1.21. The van der Waals surface area contributed by atoms with Crippen LogP contribution in [0.4, 0.5) is 0 Å². The minimum atomic E-state index is 0.641. The quantitative estimate of drug-likeness (QED) is 0.857. The number of hydrogen-bond donors (Lipinski definition) is 1. The summed E-state index contributed by atoms with van der Waals surface area (Å²) in [5, 5.41) is 3.22. The molecule has 0 saturated heterocycles. The summed E-state index contributed by atoms with van der Waals surface area (Å²) in [5.74, 6) is 0.641. The Labute approximate surface area is 105 Å². The van der Waals surface area contributed by atoms with Crippen molar-refractivity contribution in [2.75, 3.05) is 26.7 Å². The van der Waals surface area contributed by atoms with Gasteiger partial charge in [0.05, 0.1) is 0 Å². The molecule has 1 N–H and O–H groups in total. The van der Waals surface area contributed by atoms with Crippen LogP contribution in [-0.2, 0) is 13.0 Å². The van der Waals surface area contributed by atoms with Gasteiger partial charge in [-0.3, -0.25) is 4.90 Å². The number of benzene rings is 1. The highest BCUT2D eigenvalue weighted by Crippen LogP contribution is 2.23. The predicted molar refractivity (Wildman–Crippen MR) is 73.4 cm³/mol. The van der Waals surface area contributed by atoms with Crippen LogP contribution in [0.3, 0.4) is 0 Å². The minimum absolute atomic E-state index is 0.641. The average Bonchev–Trinajstić information content (AvgIpc) is 2.35. The van der Waals surface area contributed by atoms with E-state index in [1.807, 2.05) is 7.05 Å². The molecule has 0 spiro atoms. The van der Waals surface area contributed by atoms with Crippen LogP contribution in [0.15, 0.2) is 18.2 Å². The topological polar surface area (TPSA) is 15.3 Å². The van der Waals surface area contributed by atoms with Gasteiger partial charge in [0.1, 0.15) is 0 Å². The van der Waals surface area contributed by atoms with Crippen LogP contribution in [0.25, 0.3) is 0 Å². The number of hydrogen-bond acceptors (Lipinski definition) is 2. The summed E-state index contributed by atoms with van der Waals surface area (Å²) in [4.78, 5) is 2.54. The van der Waals surface area contributed by atoms with Crippen LogP contribution in [0.1, 0.15) is 36.5 Å². The lowest BCUT2D eigenvalue weighted by Crippen LogP contribution is -2.35. The Morgan fingerprint density at radius 3 is 2.82 bits per heavy atom. The fraction of sp³-hybridized carbons (Fsp3) is 0.600. The van der Waals surface area contributed by atoms with Crippen LogP contribution in [0, 0.1) is 0 Å². The maximum atomic E-state index is 3.22. The fourth-order valence-corrected chi connectivity index (χ4v) is 2.45. The zero-order valence-corrected chi connectivity index (χ0v) is 11.3. The van der Waals surface area contributed by atoms with Crippen molar-refractivity contribution in [3.05, 3.63) is 34.9 Å². The molecule has 1 heterocycles. The van der Waals surface area contributed by atoms with Gasteiger partial charge in [0, 0.05) is 26.2 Å². The van der Waals surface area contributed by atoms with Gasteiger partial charge < -0.3 is 5.32 Å². The molecular weight excluding hydrogens is 208 g/mol. The summed E-state index contributed by atoms with van der Waals surface area (Å²) in [5.41, 5.74) is 4.57. The Balaban J connectivity index is 2.06. The van der Waals surface area contributed by atoms with Gasteiger partial charge in [-0.2, -0.15) is 0 Å². The van der Waals surface area contributed by atoms with E-state index in [0.29, 0.717) is 5.92 Å². The Hall–Kier alpha value is -0.860. The summed E-state index contributed by atoms with van der Waals surface area (Å²) in [6.45, 7) is 9.10. The molecule has 17 heavy (non-hydrogen) atoms. The van der Waals surface area contributed by atoms with Crippen molar-refractivity contribution in [2.24, 2.45) is 0 Å². The first kappa shape index (κ1) is 12.6. The van der Waals surface area contributed by atoms with Crippen LogP contribution >= 0.6 is 0 Å². The molecular formula is C15H24N2. The van der Waals surface area contributed by atoms with Crippen LogP contribution in [0.2, 0.25) is 0 Å².